The first kappa shape index (κ1) is 43.2. The molecule has 82 heavy (non-hydrogen) atoms. The van der Waals surface area contributed by atoms with Crippen molar-refractivity contribution >= 4 is 205 Å². The Bertz CT molecular complexity index is 5650. The van der Waals surface area contributed by atoms with E-state index in [4.69, 9.17) is 0 Å². The van der Waals surface area contributed by atoms with Crippen LogP contribution in [0.3, 0.4) is 0 Å². The van der Waals surface area contributed by atoms with Crippen molar-refractivity contribution < 1.29 is 0 Å². The summed E-state index contributed by atoms with van der Waals surface area (Å²) in [5.74, 6) is 0. The van der Waals surface area contributed by atoms with Gasteiger partial charge in [-0.1, -0.05) is 48.5 Å². The van der Waals surface area contributed by atoms with Gasteiger partial charge in [0.2, 0.25) is 0 Å². The quantitative estimate of drug-likeness (QED) is 0.133. The van der Waals surface area contributed by atoms with Crippen molar-refractivity contribution in [2.45, 2.75) is 0 Å². The van der Waals surface area contributed by atoms with Crippen molar-refractivity contribution in [1.29, 1.82) is 0 Å². The van der Waals surface area contributed by atoms with Gasteiger partial charge in [0.15, 0.2) is 0 Å². The topological polar surface area (TPSA) is 0 Å². The Balaban J connectivity index is 0.658. The van der Waals surface area contributed by atoms with E-state index in [1.807, 2.05) is 0 Å². The summed E-state index contributed by atoms with van der Waals surface area (Å²) in [7, 11) is 0. The number of rotatable bonds is 0. The Hall–Kier alpha value is -10.7. The van der Waals surface area contributed by atoms with Crippen molar-refractivity contribution in [3.8, 4) is 0 Å². The van der Waals surface area contributed by atoms with Gasteiger partial charge in [-0.25, -0.2) is 0 Å². The highest BCUT2D eigenvalue weighted by molar-refractivity contribution is 6.18. The first-order valence-corrected chi connectivity index (χ1v) is 28.7. The lowest BCUT2D eigenvalue weighted by Gasteiger charge is -2.11. The molecule has 0 radical (unpaired) electrons. The molecule has 372 valence electrons. The number of benzene rings is 20. The molecule has 20 aromatic rings. The summed E-state index contributed by atoms with van der Waals surface area (Å²) in [6, 6.07) is 103. The lowest BCUT2D eigenvalue weighted by Crippen LogP contribution is -1.84. The van der Waals surface area contributed by atoms with Crippen molar-refractivity contribution in [3.05, 3.63) is 267 Å². The van der Waals surface area contributed by atoms with Crippen LogP contribution < -0.4 is 0 Å². The maximum absolute atomic E-state index is 2.40. The molecule has 0 amide bonds. The van der Waals surface area contributed by atoms with E-state index in [0.717, 1.165) is 0 Å². The van der Waals surface area contributed by atoms with E-state index in [2.05, 4.69) is 267 Å². The third kappa shape index (κ3) is 6.49. The third-order valence-corrected chi connectivity index (χ3v) is 18.9. The molecule has 20 rings (SSSR count). The molecular weight excluding hydrogens is 985 g/mol. The van der Waals surface area contributed by atoms with E-state index < -0.39 is 0 Å². The van der Waals surface area contributed by atoms with Crippen LogP contribution in [0.1, 0.15) is 0 Å². The van der Waals surface area contributed by atoms with Gasteiger partial charge < -0.3 is 0 Å². The summed E-state index contributed by atoms with van der Waals surface area (Å²) < 4.78 is 0. The summed E-state index contributed by atoms with van der Waals surface area (Å²) in [6.07, 6.45) is 0. The van der Waals surface area contributed by atoms with E-state index in [1.54, 1.807) is 0 Å². The molecule has 0 aliphatic carbocycles. The molecule has 0 aromatic heterocycles. The number of hydrogen-bond donors (Lipinski definition) is 0. The summed E-state index contributed by atoms with van der Waals surface area (Å²) in [4.78, 5) is 0. The standard InChI is InChI=1S/C82H44/c1-2-6-46-10-50-14-54-18-58-22-62-26-66-30-70-34-74-38-78-42-82-44-80-40-76-36-72-32-68-28-64-24-60-20-56-16-52-12-48-8-4-3-7-47(48)11-51(52)15-55(56)19-59(60)23-63(64)27-67(68)31-71(72)35-75(76)39-79(80)43-81(82)41-77(78)37-73(74)33-69(70)29-65(66)25-61(62)21-57(58)17-53(54)13-49(50)9-45(46)5-1/h1-44H. The van der Waals surface area contributed by atoms with Crippen LogP contribution in [0, 0.1) is 0 Å². The molecule has 0 heteroatoms. The van der Waals surface area contributed by atoms with Crippen LogP contribution in [0.2, 0.25) is 0 Å². The molecule has 0 atom stereocenters. The van der Waals surface area contributed by atoms with Crippen molar-refractivity contribution in [2.24, 2.45) is 0 Å². The Kier molecular flexibility index (Phi) is 8.22. The minimum Gasteiger partial charge on any atom is -0.0616 e. The van der Waals surface area contributed by atoms with Gasteiger partial charge in [-0.15, -0.1) is 0 Å². The second kappa shape index (κ2) is 15.6. The van der Waals surface area contributed by atoms with Crippen LogP contribution in [0.5, 0.6) is 0 Å². The fourth-order valence-corrected chi connectivity index (χ4v) is 14.7. The maximum Gasteiger partial charge on any atom is -0.0171 e. The third-order valence-electron chi connectivity index (χ3n) is 18.9. The van der Waals surface area contributed by atoms with Crippen LogP contribution >= 0.6 is 0 Å². The van der Waals surface area contributed by atoms with Gasteiger partial charge in [0, 0.05) is 0 Å². The molecule has 20 aromatic carbocycles. The summed E-state index contributed by atoms with van der Waals surface area (Å²) in [5, 5.41) is 48.3. The molecule has 0 aliphatic rings. The highest BCUT2D eigenvalue weighted by Gasteiger charge is 2.13. The predicted molar refractivity (Wildman–Crippen MR) is 359 cm³/mol. The molecule has 0 N–H and O–H groups in total. The number of fused-ring (bicyclic) bond motifs is 19. The fraction of sp³-hybridized carbons (Fsp3) is 0. The summed E-state index contributed by atoms with van der Waals surface area (Å²) in [5.41, 5.74) is 0. The second-order valence-corrected chi connectivity index (χ2v) is 23.9. The minimum absolute atomic E-state index is 1.26. The van der Waals surface area contributed by atoms with Crippen LogP contribution in [0.25, 0.3) is 205 Å². The van der Waals surface area contributed by atoms with Crippen LogP contribution in [-0.4, -0.2) is 0 Å². The molecule has 0 saturated carbocycles. The molecule has 0 bridgehead atoms. The van der Waals surface area contributed by atoms with E-state index in [9.17, 15) is 0 Å². The smallest absolute Gasteiger partial charge is 0.0171 e. The zero-order valence-electron chi connectivity index (χ0n) is 44.4. The molecule has 0 nitrogen and oxygen atoms in total. The van der Waals surface area contributed by atoms with Crippen molar-refractivity contribution in [3.63, 3.8) is 0 Å². The van der Waals surface area contributed by atoms with E-state index in [-0.39, 0.29) is 0 Å². The fourth-order valence-electron chi connectivity index (χ4n) is 14.7. The van der Waals surface area contributed by atoms with Crippen molar-refractivity contribution in [1.82, 2.24) is 0 Å². The molecule has 0 saturated heterocycles. The van der Waals surface area contributed by atoms with Gasteiger partial charge in [0.1, 0.15) is 0 Å². The van der Waals surface area contributed by atoms with Crippen LogP contribution in [0.4, 0.5) is 0 Å². The van der Waals surface area contributed by atoms with Gasteiger partial charge in [0.05, 0.1) is 0 Å². The minimum atomic E-state index is 1.26. The van der Waals surface area contributed by atoms with E-state index in [0.29, 0.717) is 0 Å². The average molecular weight is 1030 g/mol. The molecular formula is C82H44. The SMILES string of the molecule is c1ccc2cc3cc4cc5cc6cc7cc8cc9cc%10cc%11cc%12cc%13cc%14cc%15cc%16cc%17cc%18cc%19cc%20ccccc%20cc%19cc%18cc%17cc%16cc%15cc%14cc%13cc%12cc%11cc%10cc9cc8cc7cc6cc5cc4cc3cc2c1. The Morgan fingerprint density at radius 1 is 0.0732 bits per heavy atom. The zero-order valence-corrected chi connectivity index (χ0v) is 44.4. The van der Waals surface area contributed by atoms with E-state index in [1.165, 1.54) is 205 Å². The Morgan fingerprint density at radius 3 is 0.207 bits per heavy atom. The van der Waals surface area contributed by atoms with Gasteiger partial charge in [-0.2, -0.15) is 0 Å². The lowest BCUT2D eigenvalue weighted by atomic mass is 9.93. The highest BCUT2D eigenvalue weighted by Crippen LogP contribution is 2.40. The molecule has 0 heterocycles. The first-order chi connectivity index (χ1) is 40.4. The lowest BCUT2D eigenvalue weighted by molar-refractivity contribution is 1.79. The number of hydrogen-bond acceptors (Lipinski definition) is 0. The van der Waals surface area contributed by atoms with Gasteiger partial charge in [-0.05, 0) is 423 Å². The first-order valence-electron chi connectivity index (χ1n) is 28.7. The summed E-state index contributed by atoms with van der Waals surface area (Å²) in [6.45, 7) is 0. The molecule has 0 fully saturated rings. The summed E-state index contributed by atoms with van der Waals surface area (Å²) >= 11 is 0. The van der Waals surface area contributed by atoms with Crippen molar-refractivity contribution in [2.75, 3.05) is 0 Å². The van der Waals surface area contributed by atoms with E-state index >= 15 is 0 Å². The molecule has 0 aliphatic heterocycles. The average Bonchev–Trinajstić information content (AvgIpc) is 3.37. The maximum atomic E-state index is 2.40. The monoisotopic (exact) mass is 1030 g/mol. The Morgan fingerprint density at radius 2 is 0.134 bits per heavy atom. The second-order valence-electron chi connectivity index (χ2n) is 23.9. The van der Waals surface area contributed by atoms with Gasteiger partial charge >= 0.3 is 0 Å². The zero-order chi connectivity index (χ0) is 53.1. The predicted octanol–water partition coefficient (Wildman–Crippen LogP) is 23.6. The van der Waals surface area contributed by atoms with Gasteiger partial charge in [0.25, 0.3) is 0 Å². The van der Waals surface area contributed by atoms with Crippen LogP contribution in [-0.2, 0) is 0 Å². The highest BCUT2D eigenvalue weighted by atomic mass is 14.2. The normalized spacial score (nSPS) is 12.6. The largest absolute Gasteiger partial charge is 0.0616 e. The van der Waals surface area contributed by atoms with Gasteiger partial charge in [-0.3, -0.25) is 0 Å². The van der Waals surface area contributed by atoms with Crippen LogP contribution in [0.15, 0.2) is 267 Å². The Labute approximate surface area is 468 Å². The molecule has 0 spiro atoms. The molecule has 0 unspecified atom stereocenters.